The lowest BCUT2D eigenvalue weighted by Crippen LogP contribution is -1.94. The van der Waals surface area contributed by atoms with Gasteiger partial charge in [-0.1, -0.05) is 48.0 Å². The monoisotopic (exact) mass is 278 g/mol. The Morgan fingerprint density at radius 3 is 2.48 bits per heavy atom. The van der Waals surface area contributed by atoms with Crippen LogP contribution in [0.1, 0.15) is 22.3 Å². The fourth-order valence-electron chi connectivity index (χ4n) is 2.88. The van der Waals surface area contributed by atoms with E-state index in [1.54, 1.807) is 6.07 Å². The van der Waals surface area contributed by atoms with Gasteiger partial charge in [0.2, 0.25) is 0 Å². The molecule has 0 aliphatic carbocycles. The van der Waals surface area contributed by atoms with Crippen LogP contribution in [0.3, 0.4) is 0 Å². The number of hydrogen-bond acceptors (Lipinski definition) is 2. The maximum atomic E-state index is 10.3. The van der Waals surface area contributed by atoms with Gasteiger partial charge in [0.15, 0.2) is 0 Å². The molecule has 0 aromatic heterocycles. The van der Waals surface area contributed by atoms with Crippen LogP contribution in [-0.4, -0.2) is 10.2 Å². The van der Waals surface area contributed by atoms with Gasteiger partial charge < -0.3 is 10.2 Å². The van der Waals surface area contributed by atoms with Gasteiger partial charge in [0, 0.05) is 12.0 Å². The molecule has 0 saturated heterocycles. The van der Waals surface area contributed by atoms with Crippen LogP contribution < -0.4 is 0 Å². The first-order valence-electron chi connectivity index (χ1n) is 7.05. The van der Waals surface area contributed by atoms with E-state index in [9.17, 15) is 10.2 Å². The molecule has 3 rings (SSSR count). The summed E-state index contributed by atoms with van der Waals surface area (Å²) in [7, 11) is 0. The molecule has 0 bridgehead atoms. The number of fused-ring (bicyclic) bond motifs is 1. The summed E-state index contributed by atoms with van der Waals surface area (Å²) in [6, 6.07) is 15.5. The zero-order chi connectivity index (χ0) is 15.0. The number of rotatable bonds is 2. The molecular weight excluding hydrogens is 260 g/mol. The lowest BCUT2D eigenvalue weighted by atomic mass is 9.95. The van der Waals surface area contributed by atoms with Crippen LogP contribution in [0.25, 0.3) is 10.8 Å². The first-order valence-corrected chi connectivity index (χ1v) is 7.05. The Kier molecular flexibility index (Phi) is 3.30. The molecule has 106 valence electrons. The zero-order valence-corrected chi connectivity index (χ0v) is 12.2. The maximum absolute atomic E-state index is 10.3. The van der Waals surface area contributed by atoms with Crippen LogP contribution in [0.5, 0.6) is 11.5 Å². The molecule has 0 unspecified atom stereocenters. The van der Waals surface area contributed by atoms with Crippen LogP contribution >= 0.6 is 0 Å². The van der Waals surface area contributed by atoms with Crippen molar-refractivity contribution in [2.24, 2.45) is 0 Å². The van der Waals surface area contributed by atoms with Gasteiger partial charge >= 0.3 is 0 Å². The van der Waals surface area contributed by atoms with Crippen LogP contribution in [0.4, 0.5) is 0 Å². The maximum Gasteiger partial charge on any atom is 0.122 e. The fraction of sp³-hybridized carbons (Fsp3) is 0.158. The van der Waals surface area contributed by atoms with Gasteiger partial charge in [0.25, 0.3) is 0 Å². The molecule has 0 saturated carbocycles. The van der Waals surface area contributed by atoms with Crippen LogP contribution in [-0.2, 0) is 6.42 Å². The van der Waals surface area contributed by atoms with Gasteiger partial charge in [-0.05, 0) is 41.8 Å². The van der Waals surface area contributed by atoms with E-state index in [0.29, 0.717) is 12.2 Å². The molecule has 0 fully saturated rings. The Bertz CT molecular complexity index is 819. The van der Waals surface area contributed by atoms with Crippen molar-refractivity contribution in [1.82, 2.24) is 0 Å². The summed E-state index contributed by atoms with van der Waals surface area (Å²) in [6.07, 6.45) is 0.515. The molecule has 2 nitrogen and oxygen atoms in total. The highest BCUT2D eigenvalue weighted by Crippen LogP contribution is 2.33. The smallest absolute Gasteiger partial charge is 0.122 e. The quantitative estimate of drug-likeness (QED) is 0.726. The highest BCUT2D eigenvalue weighted by Gasteiger charge is 2.12. The Morgan fingerprint density at radius 1 is 0.905 bits per heavy atom. The van der Waals surface area contributed by atoms with Crippen molar-refractivity contribution < 1.29 is 10.2 Å². The van der Waals surface area contributed by atoms with Gasteiger partial charge in [0.1, 0.15) is 11.5 Å². The number of benzene rings is 3. The molecule has 3 aromatic carbocycles. The van der Waals surface area contributed by atoms with Crippen molar-refractivity contribution in [3.63, 3.8) is 0 Å². The molecule has 0 amide bonds. The highest BCUT2D eigenvalue weighted by molar-refractivity contribution is 5.88. The molecule has 0 atom stereocenters. The third-order valence-corrected chi connectivity index (χ3v) is 3.91. The minimum Gasteiger partial charge on any atom is -0.508 e. The molecule has 2 heteroatoms. The van der Waals surface area contributed by atoms with E-state index in [0.717, 1.165) is 33.0 Å². The van der Waals surface area contributed by atoms with Crippen LogP contribution in [0.15, 0.2) is 48.5 Å². The molecule has 0 aliphatic rings. The van der Waals surface area contributed by atoms with Crippen molar-refractivity contribution >= 4 is 10.8 Å². The number of phenols is 2. The van der Waals surface area contributed by atoms with Gasteiger partial charge in [-0.2, -0.15) is 0 Å². The lowest BCUT2D eigenvalue weighted by Gasteiger charge is -2.12. The third-order valence-electron chi connectivity index (χ3n) is 3.91. The van der Waals surface area contributed by atoms with Gasteiger partial charge in [-0.15, -0.1) is 0 Å². The van der Waals surface area contributed by atoms with Crippen LogP contribution in [0, 0.1) is 13.8 Å². The van der Waals surface area contributed by atoms with Gasteiger partial charge in [-0.25, -0.2) is 0 Å². The summed E-state index contributed by atoms with van der Waals surface area (Å²) in [5.41, 5.74) is 3.68. The summed E-state index contributed by atoms with van der Waals surface area (Å²) in [5.74, 6) is 0.584. The predicted molar refractivity (Wildman–Crippen MR) is 86.0 cm³/mol. The van der Waals surface area contributed by atoms with E-state index in [4.69, 9.17) is 0 Å². The van der Waals surface area contributed by atoms with Crippen molar-refractivity contribution in [2.45, 2.75) is 20.3 Å². The Hall–Kier alpha value is -2.48. The summed E-state index contributed by atoms with van der Waals surface area (Å²) in [6.45, 7) is 3.91. The van der Waals surface area contributed by atoms with E-state index >= 15 is 0 Å². The summed E-state index contributed by atoms with van der Waals surface area (Å²) >= 11 is 0. The van der Waals surface area contributed by atoms with Gasteiger partial charge in [-0.3, -0.25) is 0 Å². The average molecular weight is 278 g/mol. The second kappa shape index (κ2) is 5.13. The minimum absolute atomic E-state index is 0.271. The molecule has 3 aromatic rings. The second-order valence-electron chi connectivity index (χ2n) is 5.55. The normalized spacial score (nSPS) is 11.0. The molecule has 0 aliphatic heterocycles. The average Bonchev–Trinajstić information content (AvgIpc) is 2.47. The predicted octanol–water partition coefficient (Wildman–Crippen LogP) is 4.46. The Labute approximate surface area is 124 Å². The van der Waals surface area contributed by atoms with E-state index in [-0.39, 0.29) is 5.75 Å². The molecule has 2 N–H and O–H groups in total. The summed E-state index contributed by atoms with van der Waals surface area (Å²) in [4.78, 5) is 0. The van der Waals surface area contributed by atoms with Crippen molar-refractivity contribution in [2.75, 3.05) is 0 Å². The van der Waals surface area contributed by atoms with Crippen molar-refractivity contribution in [3.8, 4) is 11.5 Å². The summed E-state index contributed by atoms with van der Waals surface area (Å²) in [5, 5.41) is 22.6. The van der Waals surface area contributed by atoms with E-state index in [1.807, 2.05) is 56.3 Å². The standard InChI is InChI=1S/C19H18O2/c1-12-9-13(2)19(21)15(10-12)11-17-16-6-4-3-5-14(16)7-8-18(17)20/h3-10,20-21H,11H2,1-2H3. The van der Waals surface area contributed by atoms with Crippen molar-refractivity contribution in [1.29, 1.82) is 0 Å². The zero-order valence-electron chi connectivity index (χ0n) is 12.2. The van der Waals surface area contributed by atoms with E-state index in [1.165, 1.54) is 0 Å². The molecular formula is C19H18O2. The van der Waals surface area contributed by atoms with E-state index < -0.39 is 0 Å². The third kappa shape index (κ3) is 2.45. The second-order valence-corrected chi connectivity index (χ2v) is 5.55. The Balaban J connectivity index is 2.16. The Morgan fingerprint density at radius 2 is 1.67 bits per heavy atom. The van der Waals surface area contributed by atoms with Crippen LogP contribution in [0.2, 0.25) is 0 Å². The fourth-order valence-corrected chi connectivity index (χ4v) is 2.88. The SMILES string of the molecule is Cc1cc(C)c(O)c(Cc2c(O)ccc3ccccc23)c1. The van der Waals surface area contributed by atoms with Gasteiger partial charge in [0.05, 0.1) is 0 Å². The molecule has 0 heterocycles. The topological polar surface area (TPSA) is 40.5 Å². The first-order chi connectivity index (χ1) is 10.1. The van der Waals surface area contributed by atoms with Crippen molar-refractivity contribution in [3.05, 3.63) is 70.8 Å². The molecule has 21 heavy (non-hydrogen) atoms. The largest absolute Gasteiger partial charge is 0.508 e. The lowest BCUT2D eigenvalue weighted by molar-refractivity contribution is 0.461. The number of aryl methyl sites for hydroxylation is 2. The number of hydrogen-bond donors (Lipinski definition) is 2. The minimum atomic E-state index is 0.271. The molecule has 0 spiro atoms. The number of aromatic hydroxyl groups is 2. The number of phenolic OH excluding ortho intramolecular Hbond substituents is 2. The summed E-state index contributed by atoms with van der Waals surface area (Å²) < 4.78 is 0. The van der Waals surface area contributed by atoms with E-state index in [2.05, 4.69) is 0 Å². The molecule has 0 radical (unpaired) electrons. The first kappa shape index (κ1) is 13.5. The highest BCUT2D eigenvalue weighted by atomic mass is 16.3.